The lowest BCUT2D eigenvalue weighted by atomic mass is 10.1. The van der Waals surface area contributed by atoms with Crippen LogP contribution in [0.15, 0.2) is 72.3 Å². The van der Waals surface area contributed by atoms with E-state index in [-0.39, 0.29) is 5.91 Å². The van der Waals surface area contributed by atoms with Crippen LogP contribution in [-0.4, -0.2) is 20.1 Å². The molecule has 0 bridgehead atoms. The lowest BCUT2D eigenvalue weighted by Gasteiger charge is -2.21. The molecule has 1 aliphatic heterocycles. The number of rotatable bonds is 5. The summed E-state index contributed by atoms with van der Waals surface area (Å²) >= 11 is 18.4. The summed E-state index contributed by atoms with van der Waals surface area (Å²) in [6, 6.07) is 17.9. The topological polar surface area (TPSA) is 38.8 Å². The molecule has 0 fully saturated rings. The van der Waals surface area contributed by atoms with E-state index in [4.69, 9.17) is 44.3 Å². The third kappa shape index (κ3) is 4.35. The quantitative estimate of drug-likeness (QED) is 0.360. The third-order valence-electron chi connectivity index (χ3n) is 5.01. The number of hydrogen-bond donors (Lipinski definition) is 0. The molecule has 1 aliphatic rings. The molecule has 1 heterocycles. The fraction of sp³-hybridized carbons (Fsp3) is 0.0800. The Balaban J connectivity index is 1.82. The van der Waals surface area contributed by atoms with Crippen molar-refractivity contribution in [1.82, 2.24) is 0 Å². The average Bonchev–Trinajstić information content (AvgIpc) is 3.12. The first kappa shape index (κ1) is 22.3. The first-order valence-electron chi connectivity index (χ1n) is 9.62. The molecule has 7 heteroatoms. The van der Waals surface area contributed by atoms with E-state index in [0.29, 0.717) is 43.5 Å². The second-order valence-electron chi connectivity index (χ2n) is 6.99. The molecule has 32 heavy (non-hydrogen) atoms. The van der Waals surface area contributed by atoms with Crippen molar-refractivity contribution in [3.05, 3.63) is 98.5 Å². The second kappa shape index (κ2) is 9.29. The summed E-state index contributed by atoms with van der Waals surface area (Å²) in [6.45, 7) is 0. The van der Waals surface area contributed by atoms with Crippen LogP contribution in [0.2, 0.25) is 15.1 Å². The van der Waals surface area contributed by atoms with Crippen LogP contribution in [0.4, 0.5) is 5.69 Å². The summed E-state index contributed by atoms with van der Waals surface area (Å²) in [5, 5.41) is 1.39. The number of anilines is 1. The van der Waals surface area contributed by atoms with Gasteiger partial charge in [0.05, 0.1) is 35.6 Å². The molecule has 0 spiro atoms. The van der Waals surface area contributed by atoms with E-state index in [1.54, 1.807) is 61.6 Å². The van der Waals surface area contributed by atoms with E-state index in [0.717, 1.165) is 11.1 Å². The van der Waals surface area contributed by atoms with Gasteiger partial charge in [-0.3, -0.25) is 9.69 Å². The lowest BCUT2D eigenvalue weighted by molar-refractivity contribution is -0.113. The van der Waals surface area contributed by atoms with E-state index in [1.165, 1.54) is 0 Å². The molecular weight excluding hydrogens is 469 g/mol. The van der Waals surface area contributed by atoms with Gasteiger partial charge in [0, 0.05) is 10.6 Å². The van der Waals surface area contributed by atoms with Gasteiger partial charge in [-0.1, -0.05) is 53.0 Å². The Kier molecular flexibility index (Phi) is 6.47. The van der Waals surface area contributed by atoms with Crippen molar-refractivity contribution < 1.29 is 14.3 Å². The number of hydrogen-bond acceptors (Lipinski definition) is 3. The molecule has 0 atom stereocenters. The van der Waals surface area contributed by atoms with Gasteiger partial charge in [-0.15, -0.1) is 0 Å². The number of benzene rings is 3. The number of halogens is 3. The molecule has 4 nitrogen and oxygen atoms in total. The molecule has 3 aromatic carbocycles. The minimum Gasteiger partial charge on any atom is -0.493 e. The van der Waals surface area contributed by atoms with Crippen molar-refractivity contribution in [3.63, 3.8) is 0 Å². The molecule has 0 aliphatic carbocycles. The second-order valence-corrected chi connectivity index (χ2v) is 8.24. The Morgan fingerprint density at radius 3 is 2.19 bits per heavy atom. The standard InChI is InChI=1S/C25H18Cl3NO3/c1-31-23-10-3-15(12-24(23)32-2)11-17-13-22(16-4-6-18(26)7-5-16)29(25(17)30)19-8-9-20(27)21(28)14-19/h3-14H,1-2H3/b17-11+. The average molecular weight is 487 g/mol. The Hall–Kier alpha value is -2.92. The number of methoxy groups -OCH3 is 2. The summed E-state index contributed by atoms with van der Waals surface area (Å²) in [6.07, 6.45) is 3.64. The van der Waals surface area contributed by atoms with E-state index in [1.807, 2.05) is 30.3 Å². The number of carbonyl (C=O) groups excluding carboxylic acids is 1. The molecule has 3 aromatic rings. The van der Waals surface area contributed by atoms with Crippen LogP contribution in [0.3, 0.4) is 0 Å². The number of nitrogens with zero attached hydrogens (tertiary/aromatic N) is 1. The van der Waals surface area contributed by atoms with Crippen LogP contribution < -0.4 is 14.4 Å². The largest absolute Gasteiger partial charge is 0.493 e. The fourth-order valence-corrected chi connectivity index (χ4v) is 3.87. The molecular formula is C25H18Cl3NO3. The van der Waals surface area contributed by atoms with Gasteiger partial charge in [0.15, 0.2) is 11.5 Å². The van der Waals surface area contributed by atoms with E-state index in [9.17, 15) is 4.79 Å². The fourth-order valence-electron chi connectivity index (χ4n) is 3.45. The summed E-state index contributed by atoms with van der Waals surface area (Å²) in [7, 11) is 3.15. The molecule has 0 saturated carbocycles. The van der Waals surface area contributed by atoms with Gasteiger partial charge in [0.25, 0.3) is 5.91 Å². The zero-order valence-corrected chi connectivity index (χ0v) is 19.5. The van der Waals surface area contributed by atoms with E-state index in [2.05, 4.69) is 0 Å². The molecule has 162 valence electrons. The molecule has 0 aromatic heterocycles. The number of ether oxygens (including phenoxy) is 2. The van der Waals surface area contributed by atoms with Gasteiger partial charge >= 0.3 is 0 Å². The zero-order valence-electron chi connectivity index (χ0n) is 17.2. The Morgan fingerprint density at radius 1 is 0.812 bits per heavy atom. The SMILES string of the molecule is COc1ccc(/C=C2\C=C(c3ccc(Cl)cc3)N(c3ccc(Cl)c(Cl)c3)C2=O)cc1OC. The van der Waals surface area contributed by atoms with Crippen LogP contribution in [-0.2, 0) is 4.79 Å². The van der Waals surface area contributed by atoms with Crippen LogP contribution in [0.1, 0.15) is 11.1 Å². The van der Waals surface area contributed by atoms with E-state index >= 15 is 0 Å². The van der Waals surface area contributed by atoms with Crippen LogP contribution in [0, 0.1) is 0 Å². The van der Waals surface area contributed by atoms with Crippen molar-refractivity contribution in [2.75, 3.05) is 19.1 Å². The van der Waals surface area contributed by atoms with Crippen LogP contribution in [0.25, 0.3) is 11.8 Å². The highest BCUT2D eigenvalue weighted by atomic mass is 35.5. The lowest BCUT2D eigenvalue weighted by Crippen LogP contribution is -2.24. The summed E-state index contributed by atoms with van der Waals surface area (Å²) in [5.74, 6) is 1.00. The normalized spacial score (nSPS) is 14.7. The predicted molar refractivity (Wildman–Crippen MR) is 131 cm³/mol. The first-order chi connectivity index (χ1) is 15.4. The van der Waals surface area contributed by atoms with Gasteiger partial charge in [0.1, 0.15) is 0 Å². The van der Waals surface area contributed by atoms with Crippen molar-refractivity contribution in [2.24, 2.45) is 0 Å². The molecule has 0 N–H and O–H groups in total. The predicted octanol–water partition coefficient (Wildman–Crippen LogP) is 7.14. The monoisotopic (exact) mass is 485 g/mol. The van der Waals surface area contributed by atoms with Gasteiger partial charge in [-0.2, -0.15) is 0 Å². The van der Waals surface area contributed by atoms with Crippen molar-refractivity contribution in [2.45, 2.75) is 0 Å². The highest BCUT2D eigenvalue weighted by molar-refractivity contribution is 6.42. The maximum atomic E-state index is 13.5. The van der Waals surface area contributed by atoms with Crippen molar-refractivity contribution in [1.29, 1.82) is 0 Å². The van der Waals surface area contributed by atoms with Crippen LogP contribution in [0.5, 0.6) is 11.5 Å². The van der Waals surface area contributed by atoms with Gasteiger partial charge < -0.3 is 9.47 Å². The number of carbonyl (C=O) groups is 1. The van der Waals surface area contributed by atoms with Gasteiger partial charge in [0.2, 0.25) is 0 Å². The highest BCUT2D eigenvalue weighted by Crippen LogP contribution is 2.38. The molecule has 1 amide bonds. The third-order valence-corrected chi connectivity index (χ3v) is 6.01. The Labute approximate surface area is 201 Å². The minimum absolute atomic E-state index is 0.192. The minimum atomic E-state index is -0.192. The highest BCUT2D eigenvalue weighted by Gasteiger charge is 2.30. The maximum Gasteiger partial charge on any atom is 0.262 e. The number of amides is 1. The Bertz CT molecular complexity index is 1250. The zero-order chi connectivity index (χ0) is 22.8. The van der Waals surface area contributed by atoms with Gasteiger partial charge in [-0.25, -0.2) is 0 Å². The van der Waals surface area contributed by atoms with E-state index < -0.39 is 0 Å². The summed E-state index contributed by atoms with van der Waals surface area (Å²) in [4.78, 5) is 15.1. The molecule has 4 rings (SSSR count). The van der Waals surface area contributed by atoms with Crippen LogP contribution >= 0.6 is 34.8 Å². The maximum absolute atomic E-state index is 13.5. The van der Waals surface area contributed by atoms with Crippen molar-refractivity contribution in [3.8, 4) is 11.5 Å². The Morgan fingerprint density at radius 2 is 1.53 bits per heavy atom. The van der Waals surface area contributed by atoms with Gasteiger partial charge in [-0.05, 0) is 65.7 Å². The first-order valence-corrected chi connectivity index (χ1v) is 10.8. The summed E-state index contributed by atoms with van der Waals surface area (Å²) < 4.78 is 10.7. The molecule has 0 radical (unpaired) electrons. The molecule has 0 saturated heterocycles. The smallest absolute Gasteiger partial charge is 0.262 e. The summed E-state index contributed by atoms with van der Waals surface area (Å²) in [5.41, 5.74) is 3.46. The molecule has 0 unspecified atom stereocenters. The van der Waals surface area contributed by atoms with Crippen molar-refractivity contribution >= 4 is 58.2 Å².